The lowest BCUT2D eigenvalue weighted by Gasteiger charge is -2.30. The van der Waals surface area contributed by atoms with Crippen LogP contribution in [0.4, 0.5) is 23.8 Å². The highest BCUT2D eigenvalue weighted by Gasteiger charge is 2.34. The second-order valence-corrected chi connectivity index (χ2v) is 8.67. The standard InChI is InChI=1S/C20H17F3N8O3S/c21-20(22,23)14-9-35-18(27-14)17-29-28-16(34-17)13-5-10(6-25-15(13)24)11-7-26-31(8-11)12-1-3-30(4-2-12)19(32)33/h5-9,12H,1-4H2,(H2,24,25)(H,32,33). The van der Waals surface area contributed by atoms with Crippen molar-refractivity contribution in [3.8, 4) is 33.5 Å². The number of hydrogen-bond acceptors (Lipinski definition) is 9. The van der Waals surface area contributed by atoms with Gasteiger partial charge in [0, 0.05) is 42.0 Å². The number of thiazole rings is 1. The number of anilines is 1. The van der Waals surface area contributed by atoms with Crippen LogP contribution in [0.15, 0.2) is 34.5 Å². The van der Waals surface area contributed by atoms with Crippen molar-refractivity contribution in [3.05, 3.63) is 35.7 Å². The molecule has 11 nitrogen and oxygen atoms in total. The molecule has 1 aliphatic rings. The SMILES string of the molecule is Nc1ncc(-c2cnn(C3CCN(C(=O)O)CC3)c2)cc1-c1nnc(-c2nc(C(F)(F)F)cs2)o1. The van der Waals surface area contributed by atoms with Crippen LogP contribution in [-0.2, 0) is 6.18 Å². The molecule has 0 atom stereocenters. The molecule has 1 aliphatic heterocycles. The predicted molar refractivity (Wildman–Crippen MR) is 117 cm³/mol. The number of nitrogens with two attached hydrogens (primary N) is 1. The summed E-state index contributed by atoms with van der Waals surface area (Å²) in [6.07, 6.45) is 0.857. The Kier molecular flexibility index (Phi) is 5.62. The van der Waals surface area contributed by atoms with Gasteiger partial charge < -0.3 is 20.2 Å². The molecule has 0 spiro atoms. The van der Waals surface area contributed by atoms with Gasteiger partial charge in [-0.1, -0.05) is 0 Å². The van der Waals surface area contributed by atoms with E-state index >= 15 is 0 Å². The van der Waals surface area contributed by atoms with Crippen LogP contribution in [0.1, 0.15) is 24.6 Å². The lowest BCUT2D eigenvalue weighted by molar-refractivity contribution is -0.140. The number of rotatable bonds is 4. The summed E-state index contributed by atoms with van der Waals surface area (Å²) < 4.78 is 45.9. The van der Waals surface area contributed by atoms with Crippen LogP contribution < -0.4 is 5.73 Å². The number of alkyl halides is 3. The van der Waals surface area contributed by atoms with Crippen LogP contribution in [0.3, 0.4) is 0 Å². The molecule has 1 amide bonds. The summed E-state index contributed by atoms with van der Waals surface area (Å²) in [5, 5.41) is 22.1. The molecule has 4 aromatic heterocycles. The molecule has 0 bridgehead atoms. The number of piperidine rings is 1. The summed E-state index contributed by atoms with van der Waals surface area (Å²) in [5.41, 5.74) is 6.68. The topological polar surface area (TPSA) is 149 Å². The minimum Gasteiger partial charge on any atom is -0.465 e. The first-order valence-corrected chi connectivity index (χ1v) is 11.2. The van der Waals surface area contributed by atoms with Crippen molar-refractivity contribution in [3.63, 3.8) is 0 Å². The van der Waals surface area contributed by atoms with Gasteiger partial charge in [0.1, 0.15) is 5.82 Å². The molecule has 0 radical (unpaired) electrons. The Morgan fingerprint density at radius 2 is 1.91 bits per heavy atom. The third kappa shape index (κ3) is 4.53. The molecule has 0 unspecified atom stereocenters. The van der Waals surface area contributed by atoms with E-state index in [4.69, 9.17) is 15.3 Å². The van der Waals surface area contributed by atoms with Gasteiger partial charge in [0.25, 0.3) is 11.8 Å². The number of nitrogen functional groups attached to an aromatic ring is 1. The third-order valence-corrected chi connectivity index (χ3v) is 6.43. The van der Waals surface area contributed by atoms with Crippen LogP contribution in [-0.4, -0.2) is 59.1 Å². The van der Waals surface area contributed by atoms with Crippen molar-refractivity contribution < 1.29 is 27.5 Å². The Morgan fingerprint density at radius 3 is 2.60 bits per heavy atom. The fourth-order valence-electron chi connectivity index (χ4n) is 3.73. The summed E-state index contributed by atoms with van der Waals surface area (Å²) >= 11 is 0.739. The van der Waals surface area contributed by atoms with E-state index in [0.29, 0.717) is 37.1 Å². The number of aromatic nitrogens is 6. The van der Waals surface area contributed by atoms with Crippen molar-refractivity contribution >= 4 is 23.2 Å². The number of carboxylic acid groups (broad SMARTS) is 1. The smallest absolute Gasteiger partial charge is 0.434 e. The lowest BCUT2D eigenvalue weighted by atomic mass is 10.1. The molecule has 1 saturated heterocycles. The Hall–Kier alpha value is -4.01. The van der Waals surface area contributed by atoms with Crippen molar-refractivity contribution in [2.24, 2.45) is 0 Å². The van der Waals surface area contributed by atoms with Crippen LogP contribution >= 0.6 is 11.3 Å². The Morgan fingerprint density at radius 1 is 1.17 bits per heavy atom. The van der Waals surface area contributed by atoms with Gasteiger partial charge in [-0.25, -0.2) is 14.8 Å². The summed E-state index contributed by atoms with van der Waals surface area (Å²) in [4.78, 5) is 20.2. The van der Waals surface area contributed by atoms with Gasteiger partial charge >= 0.3 is 12.3 Å². The number of pyridine rings is 1. The fraction of sp³-hybridized carbons (Fsp3) is 0.300. The Bertz CT molecular complexity index is 1370. The number of carbonyl (C=O) groups is 1. The molecule has 182 valence electrons. The Labute approximate surface area is 199 Å². The largest absolute Gasteiger partial charge is 0.465 e. The zero-order valence-corrected chi connectivity index (χ0v) is 18.6. The average Bonchev–Trinajstić information content (AvgIpc) is 3.59. The van der Waals surface area contributed by atoms with Gasteiger partial charge in [0.2, 0.25) is 0 Å². The fourth-order valence-corrected chi connectivity index (χ4v) is 4.48. The number of amides is 1. The van der Waals surface area contributed by atoms with Crippen molar-refractivity contribution in [2.75, 3.05) is 18.8 Å². The molecule has 0 aromatic carbocycles. The molecule has 4 aromatic rings. The van der Waals surface area contributed by atoms with E-state index in [1.165, 1.54) is 4.90 Å². The van der Waals surface area contributed by atoms with Crippen molar-refractivity contribution in [2.45, 2.75) is 25.1 Å². The molecule has 15 heteroatoms. The van der Waals surface area contributed by atoms with Gasteiger partial charge in [-0.05, 0) is 18.9 Å². The summed E-state index contributed by atoms with van der Waals surface area (Å²) in [7, 11) is 0. The molecule has 5 heterocycles. The van der Waals surface area contributed by atoms with E-state index in [0.717, 1.165) is 22.3 Å². The van der Waals surface area contributed by atoms with E-state index in [1.807, 2.05) is 6.20 Å². The number of halogens is 3. The van der Waals surface area contributed by atoms with Crippen LogP contribution in [0.2, 0.25) is 0 Å². The number of likely N-dealkylation sites (tertiary alicyclic amines) is 1. The first-order chi connectivity index (χ1) is 16.7. The average molecular weight is 506 g/mol. The maximum atomic E-state index is 12.8. The first-order valence-electron chi connectivity index (χ1n) is 10.3. The highest BCUT2D eigenvalue weighted by Crippen LogP contribution is 2.35. The molecule has 1 fully saturated rings. The van der Waals surface area contributed by atoms with Gasteiger partial charge in [0.15, 0.2) is 10.7 Å². The molecule has 3 N–H and O–H groups in total. The maximum Gasteiger partial charge on any atom is 0.434 e. The van der Waals surface area contributed by atoms with Gasteiger partial charge in [-0.3, -0.25) is 4.68 Å². The van der Waals surface area contributed by atoms with E-state index < -0.39 is 18.0 Å². The quantitative estimate of drug-likeness (QED) is 0.418. The maximum absolute atomic E-state index is 12.8. The van der Waals surface area contributed by atoms with Crippen molar-refractivity contribution in [1.29, 1.82) is 0 Å². The third-order valence-electron chi connectivity index (χ3n) is 5.60. The summed E-state index contributed by atoms with van der Waals surface area (Å²) in [6.45, 7) is 0.873. The second kappa shape index (κ2) is 8.65. The van der Waals surface area contributed by atoms with Crippen LogP contribution in [0, 0.1) is 0 Å². The molecular formula is C20H17F3N8O3S. The minimum absolute atomic E-state index is 0.0101. The normalized spacial score (nSPS) is 15.0. The van der Waals surface area contributed by atoms with Gasteiger partial charge in [-0.15, -0.1) is 21.5 Å². The van der Waals surface area contributed by atoms with Crippen LogP contribution in [0.25, 0.3) is 33.5 Å². The van der Waals surface area contributed by atoms with E-state index in [-0.39, 0.29) is 28.6 Å². The molecule has 35 heavy (non-hydrogen) atoms. The number of nitrogens with zero attached hydrogens (tertiary/aromatic N) is 7. The highest BCUT2D eigenvalue weighted by molar-refractivity contribution is 7.13. The molecular weight excluding hydrogens is 489 g/mol. The van der Waals surface area contributed by atoms with E-state index in [9.17, 15) is 18.0 Å². The summed E-state index contributed by atoms with van der Waals surface area (Å²) in [6, 6.07) is 1.75. The molecule has 5 rings (SSSR count). The zero-order valence-electron chi connectivity index (χ0n) is 17.8. The first kappa shape index (κ1) is 22.8. The van der Waals surface area contributed by atoms with E-state index in [2.05, 4.69) is 25.3 Å². The van der Waals surface area contributed by atoms with E-state index in [1.54, 1.807) is 23.1 Å². The number of hydrogen-bond donors (Lipinski definition) is 2. The van der Waals surface area contributed by atoms with Crippen molar-refractivity contribution in [1.82, 2.24) is 34.8 Å². The summed E-state index contributed by atoms with van der Waals surface area (Å²) in [5.74, 6) is -0.0672. The monoisotopic (exact) mass is 506 g/mol. The zero-order chi connectivity index (χ0) is 24.7. The minimum atomic E-state index is -4.57. The Balaban J connectivity index is 1.37. The van der Waals surface area contributed by atoms with Crippen LogP contribution in [0.5, 0.6) is 0 Å². The molecule has 0 saturated carbocycles. The lowest BCUT2D eigenvalue weighted by Crippen LogP contribution is -2.38. The second-order valence-electron chi connectivity index (χ2n) is 7.81. The van der Waals surface area contributed by atoms with Gasteiger partial charge in [-0.2, -0.15) is 18.3 Å². The molecule has 0 aliphatic carbocycles. The highest BCUT2D eigenvalue weighted by atomic mass is 32.1. The predicted octanol–water partition coefficient (Wildman–Crippen LogP) is 4.03. The van der Waals surface area contributed by atoms with Gasteiger partial charge in [0.05, 0.1) is 17.8 Å².